The highest BCUT2D eigenvalue weighted by Gasteiger charge is 2.42. The number of carbonyl (C=O) groups is 1. The van der Waals surface area contributed by atoms with E-state index in [-0.39, 0.29) is 0 Å². The van der Waals surface area contributed by atoms with Crippen LogP contribution >= 0.6 is 0 Å². The second-order valence-electron chi connectivity index (χ2n) is 4.64. The number of carboxylic acids is 1. The molecule has 3 nitrogen and oxygen atoms in total. The Morgan fingerprint density at radius 1 is 1.50 bits per heavy atom. The first-order valence-corrected chi connectivity index (χ1v) is 5.50. The third-order valence-electron chi connectivity index (χ3n) is 2.98. The van der Waals surface area contributed by atoms with Crippen LogP contribution in [0.3, 0.4) is 0 Å². The fourth-order valence-electron chi connectivity index (χ4n) is 1.76. The molecule has 1 aliphatic carbocycles. The van der Waals surface area contributed by atoms with Gasteiger partial charge in [-0.05, 0) is 39.7 Å². The monoisotopic (exact) mass is 199 g/mol. The molecule has 0 aromatic carbocycles. The van der Waals surface area contributed by atoms with Crippen molar-refractivity contribution in [1.29, 1.82) is 0 Å². The fraction of sp³-hybridized carbons (Fsp3) is 0.909. The Hall–Kier alpha value is -0.570. The second-order valence-corrected chi connectivity index (χ2v) is 4.64. The highest BCUT2D eigenvalue weighted by molar-refractivity contribution is 5.77. The van der Waals surface area contributed by atoms with Gasteiger partial charge in [0, 0.05) is 6.04 Å². The molecule has 14 heavy (non-hydrogen) atoms. The standard InChI is InChI=1S/C11H21NO2/c1-4-5-8-12(9-6-7-9)11(2,3)10(13)14/h9H,4-8H2,1-3H3,(H,13,14). The minimum atomic E-state index is -0.708. The van der Waals surface area contributed by atoms with Gasteiger partial charge in [-0.3, -0.25) is 9.69 Å². The Morgan fingerprint density at radius 3 is 2.43 bits per heavy atom. The SMILES string of the molecule is CCCCN(C1CC1)C(C)(C)C(=O)O. The van der Waals surface area contributed by atoms with Crippen LogP contribution in [0.5, 0.6) is 0 Å². The lowest BCUT2D eigenvalue weighted by atomic mass is 10.0. The van der Waals surface area contributed by atoms with Crippen LogP contribution in [0.25, 0.3) is 0 Å². The fourth-order valence-corrected chi connectivity index (χ4v) is 1.76. The van der Waals surface area contributed by atoms with Crippen molar-refractivity contribution in [3.8, 4) is 0 Å². The maximum Gasteiger partial charge on any atom is 0.323 e. The van der Waals surface area contributed by atoms with Gasteiger partial charge in [0.2, 0.25) is 0 Å². The van der Waals surface area contributed by atoms with E-state index in [0.29, 0.717) is 6.04 Å². The molecule has 0 heterocycles. The van der Waals surface area contributed by atoms with Crippen LogP contribution in [-0.2, 0) is 4.79 Å². The molecule has 0 saturated heterocycles. The number of aliphatic carboxylic acids is 1. The molecule has 0 aromatic rings. The Morgan fingerprint density at radius 2 is 2.07 bits per heavy atom. The summed E-state index contributed by atoms with van der Waals surface area (Å²) < 4.78 is 0. The molecule has 0 amide bonds. The van der Waals surface area contributed by atoms with Gasteiger partial charge < -0.3 is 5.11 Å². The van der Waals surface area contributed by atoms with Gasteiger partial charge in [-0.15, -0.1) is 0 Å². The van der Waals surface area contributed by atoms with E-state index >= 15 is 0 Å². The summed E-state index contributed by atoms with van der Waals surface area (Å²) in [6, 6.07) is 0.521. The van der Waals surface area contributed by atoms with Gasteiger partial charge in [0.1, 0.15) is 5.54 Å². The summed E-state index contributed by atoms with van der Waals surface area (Å²) in [5.41, 5.74) is -0.698. The lowest BCUT2D eigenvalue weighted by Crippen LogP contribution is -2.51. The van der Waals surface area contributed by atoms with Crippen molar-refractivity contribution in [2.45, 2.75) is 58.0 Å². The van der Waals surface area contributed by atoms with Crippen molar-refractivity contribution in [3.63, 3.8) is 0 Å². The number of nitrogens with zero attached hydrogens (tertiary/aromatic N) is 1. The zero-order chi connectivity index (χ0) is 10.8. The van der Waals surface area contributed by atoms with Crippen molar-refractivity contribution in [2.75, 3.05) is 6.54 Å². The van der Waals surface area contributed by atoms with E-state index in [0.717, 1.165) is 19.4 Å². The minimum Gasteiger partial charge on any atom is -0.480 e. The van der Waals surface area contributed by atoms with E-state index in [1.807, 2.05) is 13.8 Å². The molecule has 0 atom stereocenters. The molecule has 1 N–H and O–H groups in total. The molecule has 0 radical (unpaired) electrons. The van der Waals surface area contributed by atoms with Crippen molar-refractivity contribution in [3.05, 3.63) is 0 Å². The van der Waals surface area contributed by atoms with Crippen LogP contribution in [-0.4, -0.2) is 34.1 Å². The molecule has 0 unspecified atom stereocenters. The molecule has 82 valence electrons. The van der Waals surface area contributed by atoms with Gasteiger partial charge in [-0.1, -0.05) is 13.3 Å². The third kappa shape index (κ3) is 2.47. The zero-order valence-electron chi connectivity index (χ0n) is 9.42. The van der Waals surface area contributed by atoms with Crippen LogP contribution in [0.15, 0.2) is 0 Å². The van der Waals surface area contributed by atoms with Gasteiger partial charge in [0.05, 0.1) is 0 Å². The van der Waals surface area contributed by atoms with Crippen LogP contribution in [0.2, 0.25) is 0 Å². The first-order chi connectivity index (χ1) is 6.50. The summed E-state index contributed by atoms with van der Waals surface area (Å²) in [5.74, 6) is -0.708. The quantitative estimate of drug-likeness (QED) is 0.712. The third-order valence-corrected chi connectivity index (χ3v) is 2.98. The predicted molar refractivity (Wildman–Crippen MR) is 56.4 cm³/mol. The van der Waals surface area contributed by atoms with Crippen molar-refractivity contribution in [2.24, 2.45) is 0 Å². The average Bonchev–Trinajstić information content (AvgIpc) is 2.88. The van der Waals surface area contributed by atoms with Gasteiger partial charge >= 0.3 is 5.97 Å². The molecule has 0 aliphatic heterocycles. The number of hydrogen-bond acceptors (Lipinski definition) is 2. The maximum absolute atomic E-state index is 11.1. The van der Waals surface area contributed by atoms with E-state index in [1.165, 1.54) is 12.8 Å². The topological polar surface area (TPSA) is 40.5 Å². The maximum atomic E-state index is 11.1. The average molecular weight is 199 g/mol. The van der Waals surface area contributed by atoms with Crippen LogP contribution in [0, 0.1) is 0 Å². The largest absolute Gasteiger partial charge is 0.480 e. The molecule has 0 bridgehead atoms. The van der Waals surface area contributed by atoms with E-state index < -0.39 is 11.5 Å². The molecule has 1 aliphatic rings. The lowest BCUT2D eigenvalue weighted by Gasteiger charge is -2.35. The second kappa shape index (κ2) is 4.30. The first kappa shape index (κ1) is 11.5. The Balaban J connectivity index is 2.60. The van der Waals surface area contributed by atoms with Gasteiger partial charge in [-0.25, -0.2) is 0 Å². The molecular formula is C11H21NO2. The van der Waals surface area contributed by atoms with E-state index in [1.54, 1.807) is 0 Å². The summed E-state index contributed by atoms with van der Waals surface area (Å²) in [6.07, 6.45) is 4.55. The molecule has 0 spiro atoms. The minimum absolute atomic E-state index is 0.521. The smallest absolute Gasteiger partial charge is 0.323 e. The van der Waals surface area contributed by atoms with Gasteiger partial charge in [0.15, 0.2) is 0 Å². The Kier molecular flexibility index (Phi) is 3.53. The summed E-state index contributed by atoms with van der Waals surface area (Å²) in [6.45, 7) is 6.67. The Labute approximate surface area is 86.1 Å². The highest BCUT2D eigenvalue weighted by Crippen LogP contribution is 2.33. The van der Waals surface area contributed by atoms with Gasteiger partial charge in [0.25, 0.3) is 0 Å². The highest BCUT2D eigenvalue weighted by atomic mass is 16.4. The van der Waals surface area contributed by atoms with Crippen LogP contribution in [0.1, 0.15) is 46.5 Å². The van der Waals surface area contributed by atoms with Crippen molar-refractivity contribution < 1.29 is 9.90 Å². The number of unbranched alkanes of at least 4 members (excludes halogenated alkanes) is 1. The van der Waals surface area contributed by atoms with Gasteiger partial charge in [-0.2, -0.15) is 0 Å². The molecule has 0 aromatic heterocycles. The zero-order valence-corrected chi connectivity index (χ0v) is 9.42. The molecule has 1 fully saturated rings. The van der Waals surface area contributed by atoms with Crippen molar-refractivity contribution in [1.82, 2.24) is 4.90 Å². The van der Waals surface area contributed by atoms with E-state index in [2.05, 4.69) is 11.8 Å². The first-order valence-electron chi connectivity index (χ1n) is 5.50. The van der Waals surface area contributed by atoms with E-state index in [9.17, 15) is 4.79 Å². The summed E-state index contributed by atoms with van der Waals surface area (Å²) >= 11 is 0. The molecular weight excluding hydrogens is 178 g/mol. The summed E-state index contributed by atoms with van der Waals surface area (Å²) in [4.78, 5) is 13.3. The van der Waals surface area contributed by atoms with Crippen molar-refractivity contribution >= 4 is 5.97 Å². The Bertz CT molecular complexity index is 209. The lowest BCUT2D eigenvalue weighted by molar-refractivity contribution is -0.149. The molecule has 3 heteroatoms. The van der Waals surface area contributed by atoms with E-state index in [4.69, 9.17) is 5.11 Å². The molecule has 1 saturated carbocycles. The molecule has 1 rings (SSSR count). The summed E-state index contributed by atoms with van der Waals surface area (Å²) in [5, 5.41) is 9.15. The number of hydrogen-bond donors (Lipinski definition) is 1. The predicted octanol–water partition coefficient (Wildman–Crippen LogP) is 2.11. The number of rotatable bonds is 6. The van der Waals surface area contributed by atoms with Crippen LogP contribution in [0.4, 0.5) is 0 Å². The number of carboxylic acid groups (broad SMARTS) is 1. The normalized spacial score (nSPS) is 17.4. The van der Waals surface area contributed by atoms with Crippen LogP contribution < -0.4 is 0 Å². The summed E-state index contributed by atoms with van der Waals surface area (Å²) in [7, 11) is 0.